The molecule has 7 heteroatoms. The normalized spacial score (nSPS) is 30.2. The maximum Gasteiger partial charge on any atom is 0.131 e. The number of halogens is 2. The number of aromatic nitrogens is 3. The number of piperidine rings is 1. The molecule has 2 aromatic rings. The Morgan fingerprint density at radius 2 is 2.00 bits per heavy atom. The Labute approximate surface area is 140 Å². The maximum atomic E-state index is 14.9. The van der Waals surface area contributed by atoms with Crippen molar-refractivity contribution in [2.24, 2.45) is 11.8 Å². The van der Waals surface area contributed by atoms with Crippen molar-refractivity contribution >= 4 is 23.4 Å². The Balaban J connectivity index is 0.00000156. The van der Waals surface area contributed by atoms with Gasteiger partial charge in [-0.15, -0.1) is 12.4 Å². The molecular weight excluding hydrogens is 319 g/mol. The molecular formula is C16H22ClFN4O. The van der Waals surface area contributed by atoms with Crippen molar-refractivity contribution in [3.63, 3.8) is 0 Å². The number of nitrogens with one attached hydrogen (secondary N) is 2. The van der Waals surface area contributed by atoms with Gasteiger partial charge in [0.1, 0.15) is 22.5 Å². The van der Waals surface area contributed by atoms with Gasteiger partial charge in [0.05, 0.1) is 5.56 Å². The van der Waals surface area contributed by atoms with Crippen LogP contribution in [0.4, 0.5) is 4.39 Å². The summed E-state index contributed by atoms with van der Waals surface area (Å²) in [6.07, 6.45) is 3.29. The van der Waals surface area contributed by atoms with E-state index in [4.69, 9.17) is 4.74 Å². The van der Waals surface area contributed by atoms with E-state index < -0.39 is 5.60 Å². The molecule has 0 radical (unpaired) electrons. The molecule has 23 heavy (non-hydrogen) atoms. The monoisotopic (exact) mass is 340 g/mol. The number of H-pyrrole nitrogens is 1. The Hall–Kier alpha value is -1.24. The van der Waals surface area contributed by atoms with Gasteiger partial charge in [0.25, 0.3) is 0 Å². The van der Waals surface area contributed by atoms with Crippen LogP contribution >= 0.6 is 12.4 Å². The van der Waals surface area contributed by atoms with Crippen LogP contribution in [-0.4, -0.2) is 35.1 Å². The standard InChI is InChI=1S/C16H21FN4O.ClH/c1-2-22-16(10-4-3-5-11(16)9-18-8-10)14-12(17)6-7-13-15(14)20-21-19-13;/h6-7,10-11,18H,2-5,8-9H2,1H3,(H,19,20,21);1H. The van der Waals surface area contributed by atoms with E-state index in [0.717, 1.165) is 25.9 Å². The molecule has 2 unspecified atom stereocenters. The second-order valence-corrected chi connectivity index (χ2v) is 6.32. The molecule has 2 heterocycles. The quantitative estimate of drug-likeness (QED) is 0.902. The van der Waals surface area contributed by atoms with Crippen molar-refractivity contribution in [1.82, 2.24) is 20.7 Å². The molecule has 5 nitrogen and oxygen atoms in total. The molecule has 1 aromatic carbocycles. The van der Waals surface area contributed by atoms with E-state index >= 15 is 0 Å². The lowest BCUT2D eigenvalue weighted by molar-refractivity contribution is -0.162. The summed E-state index contributed by atoms with van der Waals surface area (Å²) in [7, 11) is 0. The van der Waals surface area contributed by atoms with Crippen molar-refractivity contribution in [2.45, 2.75) is 31.8 Å². The van der Waals surface area contributed by atoms with Crippen LogP contribution < -0.4 is 5.32 Å². The summed E-state index contributed by atoms with van der Waals surface area (Å²) < 4.78 is 21.2. The highest BCUT2D eigenvalue weighted by molar-refractivity contribution is 5.85. The fraction of sp³-hybridized carbons (Fsp3) is 0.625. The van der Waals surface area contributed by atoms with Crippen LogP contribution in [0.5, 0.6) is 0 Å². The largest absolute Gasteiger partial charge is 0.370 e. The number of nitrogens with zero attached hydrogens (tertiary/aromatic N) is 2. The predicted molar refractivity (Wildman–Crippen MR) is 88.1 cm³/mol. The minimum absolute atomic E-state index is 0. The van der Waals surface area contributed by atoms with Crippen molar-refractivity contribution in [2.75, 3.05) is 19.7 Å². The highest BCUT2D eigenvalue weighted by atomic mass is 35.5. The van der Waals surface area contributed by atoms with Crippen LogP contribution in [0.3, 0.4) is 0 Å². The average molecular weight is 341 g/mol. The lowest BCUT2D eigenvalue weighted by atomic mass is 9.62. The highest BCUT2D eigenvalue weighted by Gasteiger charge is 2.54. The summed E-state index contributed by atoms with van der Waals surface area (Å²) in [4.78, 5) is 0. The third kappa shape index (κ3) is 2.35. The van der Waals surface area contributed by atoms with E-state index in [2.05, 4.69) is 20.7 Å². The van der Waals surface area contributed by atoms with E-state index in [0.29, 0.717) is 23.2 Å². The van der Waals surface area contributed by atoms with Gasteiger partial charge in [-0.05, 0) is 31.9 Å². The molecule has 2 N–H and O–H groups in total. The van der Waals surface area contributed by atoms with Crippen LogP contribution in [0.1, 0.15) is 31.7 Å². The van der Waals surface area contributed by atoms with Crippen molar-refractivity contribution in [1.29, 1.82) is 0 Å². The zero-order valence-corrected chi connectivity index (χ0v) is 14.0. The van der Waals surface area contributed by atoms with E-state index in [9.17, 15) is 4.39 Å². The van der Waals surface area contributed by atoms with Gasteiger partial charge in [-0.3, -0.25) is 0 Å². The van der Waals surface area contributed by atoms with Crippen LogP contribution in [0.15, 0.2) is 12.1 Å². The first kappa shape index (κ1) is 16.6. The number of aromatic amines is 1. The number of hydrogen-bond donors (Lipinski definition) is 2. The SMILES string of the molecule is CCOC1(c2c(F)ccc3n[nH]nc23)C2CCCC1CNC2.Cl. The summed E-state index contributed by atoms with van der Waals surface area (Å²) in [5.74, 6) is 0.321. The van der Waals surface area contributed by atoms with Gasteiger partial charge in [0.2, 0.25) is 0 Å². The molecule has 126 valence electrons. The zero-order chi connectivity index (χ0) is 15.2. The van der Waals surface area contributed by atoms with Gasteiger partial charge in [0, 0.05) is 31.5 Å². The van der Waals surface area contributed by atoms with E-state index in [-0.39, 0.29) is 30.1 Å². The number of benzene rings is 1. The fourth-order valence-electron chi connectivity index (χ4n) is 4.53. The Morgan fingerprint density at radius 3 is 2.70 bits per heavy atom. The van der Waals surface area contributed by atoms with Crippen LogP contribution in [0.2, 0.25) is 0 Å². The Kier molecular flexibility index (Phi) is 4.58. The van der Waals surface area contributed by atoms with E-state index in [1.807, 2.05) is 6.92 Å². The molecule has 1 saturated carbocycles. The lowest BCUT2D eigenvalue weighted by Crippen LogP contribution is -2.58. The Morgan fingerprint density at radius 1 is 1.26 bits per heavy atom. The minimum Gasteiger partial charge on any atom is -0.370 e. The number of fused-ring (bicyclic) bond motifs is 3. The third-order valence-electron chi connectivity index (χ3n) is 5.31. The second kappa shape index (κ2) is 6.34. The minimum atomic E-state index is -0.585. The molecule has 1 aliphatic heterocycles. The zero-order valence-electron chi connectivity index (χ0n) is 13.1. The topological polar surface area (TPSA) is 62.8 Å². The summed E-state index contributed by atoms with van der Waals surface area (Å²) in [5, 5.41) is 14.5. The molecule has 2 bridgehead atoms. The molecule has 0 amide bonds. The predicted octanol–water partition coefficient (Wildman–Crippen LogP) is 2.77. The fourth-order valence-corrected chi connectivity index (χ4v) is 4.53. The summed E-state index contributed by atoms with van der Waals surface area (Å²) in [6.45, 7) is 4.29. The summed E-state index contributed by atoms with van der Waals surface area (Å²) >= 11 is 0. The molecule has 0 spiro atoms. The molecule has 2 fully saturated rings. The first-order valence-corrected chi connectivity index (χ1v) is 8.11. The summed E-state index contributed by atoms with van der Waals surface area (Å²) in [5.41, 5.74) is 1.34. The Bertz CT molecular complexity index is 670. The first-order chi connectivity index (χ1) is 10.8. The molecule has 2 aliphatic rings. The highest BCUT2D eigenvalue weighted by Crippen LogP contribution is 2.52. The second-order valence-electron chi connectivity index (χ2n) is 6.32. The maximum absolute atomic E-state index is 14.9. The molecule has 1 aliphatic carbocycles. The van der Waals surface area contributed by atoms with Gasteiger partial charge >= 0.3 is 0 Å². The van der Waals surface area contributed by atoms with Gasteiger partial charge in [-0.2, -0.15) is 15.4 Å². The van der Waals surface area contributed by atoms with E-state index in [1.54, 1.807) is 6.07 Å². The number of hydrogen-bond acceptors (Lipinski definition) is 4. The van der Waals surface area contributed by atoms with Gasteiger partial charge in [0.15, 0.2) is 0 Å². The van der Waals surface area contributed by atoms with Crippen molar-refractivity contribution < 1.29 is 9.13 Å². The first-order valence-electron chi connectivity index (χ1n) is 8.11. The number of ether oxygens (including phenoxy) is 1. The molecule has 1 aromatic heterocycles. The van der Waals surface area contributed by atoms with Crippen LogP contribution in [0.25, 0.3) is 11.0 Å². The third-order valence-corrected chi connectivity index (χ3v) is 5.31. The average Bonchev–Trinajstić information content (AvgIpc) is 2.95. The van der Waals surface area contributed by atoms with Crippen LogP contribution in [0, 0.1) is 17.7 Å². The smallest absolute Gasteiger partial charge is 0.131 e. The summed E-state index contributed by atoms with van der Waals surface area (Å²) in [6, 6.07) is 3.17. The molecule has 2 atom stereocenters. The van der Waals surface area contributed by atoms with Gasteiger partial charge in [-0.25, -0.2) is 4.39 Å². The van der Waals surface area contributed by atoms with Gasteiger partial charge < -0.3 is 10.1 Å². The lowest BCUT2D eigenvalue weighted by Gasteiger charge is -2.53. The molecule has 4 rings (SSSR count). The van der Waals surface area contributed by atoms with Crippen molar-refractivity contribution in [3.8, 4) is 0 Å². The van der Waals surface area contributed by atoms with Crippen LogP contribution in [-0.2, 0) is 10.3 Å². The number of rotatable bonds is 3. The van der Waals surface area contributed by atoms with Crippen molar-refractivity contribution in [3.05, 3.63) is 23.5 Å². The van der Waals surface area contributed by atoms with Gasteiger partial charge in [-0.1, -0.05) is 6.42 Å². The molecule has 1 saturated heterocycles. The van der Waals surface area contributed by atoms with E-state index in [1.165, 1.54) is 12.5 Å².